The Balaban J connectivity index is 2.29. The predicted molar refractivity (Wildman–Crippen MR) is 69.9 cm³/mol. The molecule has 1 atom stereocenters. The van der Waals surface area contributed by atoms with Crippen LogP contribution in [0.15, 0.2) is 47.4 Å². The van der Waals surface area contributed by atoms with E-state index in [1.807, 2.05) is 19.1 Å². The van der Waals surface area contributed by atoms with E-state index in [4.69, 9.17) is 0 Å². The lowest BCUT2D eigenvalue weighted by Gasteiger charge is -2.08. The van der Waals surface area contributed by atoms with Gasteiger partial charge in [-0.05, 0) is 36.8 Å². The third-order valence-electron chi connectivity index (χ3n) is 2.61. The minimum absolute atomic E-state index is 0.0289. The van der Waals surface area contributed by atoms with Crippen LogP contribution in [0.1, 0.15) is 13.8 Å². The molecule has 0 aliphatic heterocycles. The van der Waals surface area contributed by atoms with Crippen molar-refractivity contribution in [3.8, 4) is 0 Å². The Kier molecular flexibility index (Phi) is 3.30. The molecule has 2 aromatic rings. The number of ketones is 1. The standard InChI is InChI=1S/C14H14OS/c1-10(15)11(2)16-14-8-7-12-5-3-4-6-13(12)9-14/h3-9,11H,1-2H3. The Morgan fingerprint density at radius 1 is 1.12 bits per heavy atom. The Morgan fingerprint density at radius 3 is 2.50 bits per heavy atom. The maximum Gasteiger partial charge on any atom is 0.142 e. The summed E-state index contributed by atoms with van der Waals surface area (Å²) < 4.78 is 0. The number of thioether (sulfide) groups is 1. The van der Waals surface area contributed by atoms with Crippen molar-refractivity contribution >= 4 is 28.3 Å². The lowest BCUT2D eigenvalue weighted by molar-refractivity contribution is -0.116. The highest BCUT2D eigenvalue weighted by Crippen LogP contribution is 2.27. The van der Waals surface area contributed by atoms with Crippen LogP contribution in [0.25, 0.3) is 10.8 Å². The van der Waals surface area contributed by atoms with E-state index in [9.17, 15) is 4.79 Å². The first kappa shape index (κ1) is 11.2. The SMILES string of the molecule is CC(=O)C(C)Sc1ccc2ccccc2c1. The van der Waals surface area contributed by atoms with Crippen LogP contribution >= 0.6 is 11.8 Å². The van der Waals surface area contributed by atoms with Gasteiger partial charge in [0.25, 0.3) is 0 Å². The Labute approximate surface area is 99.9 Å². The molecule has 0 saturated heterocycles. The van der Waals surface area contributed by atoms with Crippen molar-refractivity contribution in [2.24, 2.45) is 0 Å². The zero-order valence-corrected chi connectivity index (χ0v) is 10.3. The number of hydrogen-bond donors (Lipinski definition) is 0. The summed E-state index contributed by atoms with van der Waals surface area (Å²) >= 11 is 1.62. The van der Waals surface area contributed by atoms with E-state index in [0.29, 0.717) is 0 Å². The minimum Gasteiger partial charge on any atom is -0.299 e. The Morgan fingerprint density at radius 2 is 1.81 bits per heavy atom. The second kappa shape index (κ2) is 4.71. The summed E-state index contributed by atoms with van der Waals surface area (Å²) in [5.74, 6) is 0.221. The summed E-state index contributed by atoms with van der Waals surface area (Å²) in [4.78, 5) is 12.3. The second-order valence-electron chi connectivity index (χ2n) is 3.88. The van der Waals surface area contributed by atoms with Crippen LogP contribution in [0, 0.1) is 0 Å². The summed E-state index contributed by atoms with van der Waals surface area (Å²) in [6.07, 6.45) is 0. The van der Waals surface area contributed by atoms with Gasteiger partial charge in [-0.3, -0.25) is 4.79 Å². The van der Waals surface area contributed by atoms with Gasteiger partial charge in [-0.15, -0.1) is 11.8 Å². The lowest BCUT2D eigenvalue weighted by atomic mass is 10.1. The molecular formula is C14H14OS. The first-order valence-corrected chi connectivity index (χ1v) is 6.21. The van der Waals surface area contributed by atoms with Gasteiger partial charge in [0.05, 0.1) is 5.25 Å². The quantitative estimate of drug-likeness (QED) is 0.744. The molecule has 0 N–H and O–H groups in total. The summed E-state index contributed by atoms with van der Waals surface area (Å²) in [5.41, 5.74) is 0. The average molecular weight is 230 g/mol. The molecular weight excluding hydrogens is 216 g/mol. The van der Waals surface area contributed by atoms with Crippen LogP contribution < -0.4 is 0 Å². The van der Waals surface area contributed by atoms with Crippen molar-refractivity contribution in [2.75, 3.05) is 0 Å². The van der Waals surface area contributed by atoms with Crippen molar-refractivity contribution < 1.29 is 4.79 Å². The minimum atomic E-state index is 0.0289. The van der Waals surface area contributed by atoms with Gasteiger partial charge in [-0.2, -0.15) is 0 Å². The summed E-state index contributed by atoms with van der Waals surface area (Å²) in [6, 6.07) is 14.6. The number of benzene rings is 2. The maximum absolute atomic E-state index is 11.2. The zero-order valence-electron chi connectivity index (χ0n) is 9.44. The van der Waals surface area contributed by atoms with Gasteiger partial charge in [-0.25, -0.2) is 0 Å². The molecule has 0 aliphatic carbocycles. The third-order valence-corrected chi connectivity index (χ3v) is 3.82. The lowest BCUT2D eigenvalue weighted by Crippen LogP contribution is -2.07. The molecule has 1 nitrogen and oxygen atoms in total. The van der Waals surface area contributed by atoms with Crippen LogP contribution in [0.3, 0.4) is 0 Å². The van der Waals surface area contributed by atoms with Crippen molar-refractivity contribution in [3.63, 3.8) is 0 Å². The number of hydrogen-bond acceptors (Lipinski definition) is 2. The van der Waals surface area contributed by atoms with Crippen LogP contribution in [0.5, 0.6) is 0 Å². The largest absolute Gasteiger partial charge is 0.299 e. The first-order chi connectivity index (χ1) is 7.66. The summed E-state index contributed by atoms with van der Waals surface area (Å²) in [5, 5.41) is 2.49. The maximum atomic E-state index is 11.2. The van der Waals surface area contributed by atoms with Crippen LogP contribution in [0.4, 0.5) is 0 Å². The van der Waals surface area contributed by atoms with Crippen molar-refractivity contribution in [1.82, 2.24) is 0 Å². The molecule has 0 aromatic heterocycles. The highest BCUT2D eigenvalue weighted by Gasteiger charge is 2.09. The van der Waals surface area contributed by atoms with Gasteiger partial charge < -0.3 is 0 Å². The molecule has 0 bridgehead atoms. The fraction of sp³-hybridized carbons (Fsp3) is 0.214. The topological polar surface area (TPSA) is 17.1 Å². The molecule has 2 aromatic carbocycles. The highest BCUT2D eigenvalue weighted by molar-refractivity contribution is 8.00. The molecule has 0 radical (unpaired) electrons. The molecule has 0 saturated carbocycles. The molecule has 2 rings (SSSR count). The average Bonchev–Trinajstić information content (AvgIpc) is 2.28. The van der Waals surface area contributed by atoms with E-state index in [2.05, 4.69) is 30.3 Å². The molecule has 82 valence electrons. The number of fused-ring (bicyclic) bond motifs is 1. The molecule has 0 aliphatic rings. The van der Waals surface area contributed by atoms with E-state index in [-0.39, 0.29) is 11.0 Å². The first-order valence-electron chi connectivity index (χ1n) is 5.33. The number of carbonyl (C=O) groups excluding carboxylic acids is 1. The van der Waals surface area contributed by atoms with Crippen LogP contribution in [-0.2, 0) is 4.79 Å². The second-order valence-corrected chi connectivity index (χ2v) is 5.29. The van der Waals surface area contributed by atoms with Crippen LogP contribution in [0.2, 0.25) is 0 Å². The van der Waals surface area contributed by atoms with Crippen molar-refractivity contribution in [1.29, 1.82) is 0 Å². The van der Waals surface area contributed by atoms with E-state index in [1.54, 1.807) is 18.7 Å². The normalized spacial score (nSPS) is 12.6. The molecule has 0 heterocycles. The van der Waals surface area contributed by atoms with Crippen molar-refractivity contribution in [2.45, 2.75) is 24.0 Å². The molecule has 16 heavy (non-hydrogen) atoms. The summed E-state index contributed by atoms with van der Waals surface area (Å²) in [6.45, 7) is 3.58. The molecule has 0 fully saturated rings. The van der Waals surface area contributed by atoms with Gasteiger partial charge >= 0.3 is 0 Å². The number of Topliss-reactive ketones (excluding diaryl/α,β-unsaturated/α-hetero) is 1. The molecule has 1 unspecified atom stereocenters. The zero-order chi connectivity index (χ0) is 11.5. The van der Waals surface area contributed by atoms with Gasteiger partial charge in [0, 0.05) is 4.90 Å². The van der Waals surface area contributed by atoms with Crippen molar-refractivity contribution in [3.05, 3.63) is 42.5 Å². The van der Waals surface area contributed by atoms with E-state index >= 15 is 0 Å². The monoisotopic (exact) mass is 230 g/mol. The molecule has 0 spiro atoms. The van der Waals surface area contributed by atoms with E-state index < -0.39 is 0 Å². The van der Waals surface area contributed by atoms with Gasteiger partial charge in [0.15, 0.2) is 0 Å². The fourth-order valence-corrected chi connectivity index (χ4v) is 2.44. The third kappa shape index (κ3) is 2.45. The van der Waals surface area contributed by atoms with Gasteiger partial charge in [0.1, 0.15) is 5.78 Å². The number of rotatable bonds is 3. The fourth-order valence-electron chi connectivity index (χ4n) is 1.53. The molecule has 2 heteroatoms. The van der Waals surface area contributed by atoms with E-state index in [0.717, 1.165) is 4.90 Å². The highest BCUT2D eigenvalue weighted by atomic mass is 32.2. The molecule has 0 amide bonds. The van der Waals surface area contributed by atoms with E-state index in [1.165, 1.54) is 10.8 Å². The van der Waals surface area contributed by atoms with Gasteiger partial charge in [-0.1, -0.05) is 30.3 Å². The predicted octanol–water partition coefficient (Wildman–Crippen LogP) is 3.91. The Bertz CT molecular complexity index is 519. The smallest absolute Gasteiger partial charge is 0.142 e. The Hall–Kier alpha value is -1.28. The van der Waals surface area contributed by atoms with Crippen LogP contribution in [-0.4, -0.2) is 11.0 Å². The summed E-state index contributed by atoms with van der Waals surface area (Å²) in [7, 11) is 0. The van der Waals surface area contributed by atoms with Gasteiger partial charge in [0.2, 0.25) is 0 Å². The number of carbonyl (C=O) groups is 1.